The molecule has 0 aromatic heterocycles. The number of urea groups is 1. The number of benzene rings is 1. The quantitative estimate of drug-likeness (QED) is 0.784. The second-order valence-electron chi connectivity index (χ2n) is 5.33. The molecule has 0 bridgehead atoms. The van der Waals surface area contributed by atoms with Crippen LogP contribution in [0, 0.1) is 0 Å². The summed E-state index contributed by atoms with van der Waals surface area (Å²) >= 11 is 0. The zero-order valence-corrected chi connectivity index (χ0v) is 11.0. The average Bonchev–Trinajstić information content (AvgIpc) is 2.92. The van der Waals surface area contributed by atoms with Gasteiger partial charge in [-0.2, -0.15) is 0 Å². The van der Waals surface area contributed by atoms with Crippen molar-refractivity contribution >= 4 is 6.03 Å². The number of hydrogen-bond donors (Lipinski definition) is 0. The van der Waals surface area contributed by atoms with E-state index in [2.05, 4.69) is 37.3 Å². The van der Waals surface area contributed by atoms with Gasteiger partial charge in [-0.1, -0.05) is 30.3 Å². The van der Waals surface area contributed by atoms with Crippen molar-refractivity contribution in [3.8, 4) is 0 Å². The summed E-state index contributed by atoms with van der Waals surface area (Å²) in [6, 6.07) is 11.6. The van der Waals surface area contributed by atoms with Gasteiger partial charge in [0.25, 0.3) is 0 Å². The van der Waals surface area contributed by atoms with Crippen molar-refractivity contribution in [2.45, 2.75) is 37.8 Å². The summed E-state index contributed by atoms with van der Waals surface area (Å²) in [4.78, 5) is 16.2. The van der Waals surface area contributed by atoms with Crippen molar-refractivity contribution in [1.82, 2.24) is 9.80 Å². The molecule has 96 valence electrons. The van der Waals surface area contributed by atoms with E-state index in [0.717, 1.165) is 13.0 Å². The van der Waals surface area contributed by atoms with Gasteiger partial charge in [-0.3, -0.25) is 0 Å². The molecule has 3 nitrogen and oxygen atoms in total. The molecule has 1 saturated heterocycles. The standard InChI is InChI=1S/C15H20N2O/c1-3-17-13-10-9-12(11-7-5-4-6-8-11)14(13)16(2)15(17)18/h4-8,12-14H,3,9-10H2,1-2H3/t12-,13-,14+/m0/s1. The minimum absolute atomic E-state index is 0.202. The van der Waals surface area contributed by atoms with Crippen LogP contribution < -0.4 is 0 Å². The van der Waals surface area contributed by atoms with Crippen LogP contribution in [0.25, 0.3) is 0 Å². The second kappa shape index (κ2) is 4.30. The molecule has 0 radical (unpaired) electrons. The van der Waals surface area contributed by atoms with E-state index in [1.807, 2.05) is 16.8 Å². The van der Waals surface area contributed by atoms with Crippen LogP contribution in [-0.2, 0) is 0 Å². The Hall–Kier alpha value is -1.51. The molecule has 0 unspecified atom stereocenters. The van der Waals surface area contributed by atoms with Crippen LogP contribution in [0.5, 0.6) is 0 Å². The summed E-state index contributed by atoms with van der Waals surface area (Å²) in [5.74, 6) is 0.502. The third-order valence-electron chi connectivity index (χ3n) is 4.54. The smallest absolute Gasteiger partial charge is 0.320 e. The Morgan fingerprint density at radius 3 is 2.61 bits per heavy atom. The van der Waals surface area contributed by atoms with Gasteiger partial charge in [0.2, 0.25) is 0 Å². The summed E-state index contributed by atoms with van der Waals surface area (Å²) in [7, 11) is 1.96. The molecular weight excluding hydrogens is 224 g/mol. The Bertz CT molecular complexity index is 445. The SMILES string of the molecule is CCN1C(=O)N(C)[C@@H]2[C@H](c3ccccc3)CC[C@@H]21. The van der Waals surface area contributed by atoms with Crippen LogP contribution in [0.3, 0.4) is 0 Å². The van der Waals surface area contributed by atoms with E-state index in [-0.39, 0.29) is 6.03 Å². The first kappa shape index (κ1) is 11.6. The molecular formula is C15H20N2O. The predicted octanol–water partition coefficient (Wildman–Crippen LogP) is 2.69. The highest BCUT2D eigenvalue weighted by Gasteiger charge is 2.50. The van der Waals surface area contributed by atoms with Crippen LogP contribution in [0.4, 0.5) is 4.79 Å². The zero-order valence-electron chi connectivity index (χ0n) is 11.0. The van der Waals surface area contributed by atoms with E-state index in [9.17, 15) is 4.79 Å². The number of fused-ring (bicyclic) bond motifs is 1. The fourth-order valence-electron chi connectivity index (χ4n) is 3.73. The number of amides is 2. The molecule has 2 fully saturated rings. The minimum Gasteiger partial charge on any atom is -0.322 e. The number of hydrogen-bond acceptors (Lipinski definition) is 1. The Balaban J connectivity index is 1.91. The lowest BCUT2D eigenvalue weighted by molar-refractivity contribution is 0.189. The van der Waals surface area contributed by atoms with Gasteiger partial charge in [-0.25, -0.2) is 4.79 Å². The lowest BCUT2D eigenvalue weighted by atomic mass is 9.93. The van der Waals surface area contributed by atoms with Crippen molar-refractivity contribution in [3.63, 3.8) is 0 Å². The lowest BCUT2D eigenvalue weighted by Gasteiger charge is -2.24. The fourth-order valence-corrected chi connectivity index (χ4v) is 3.73. The molecule has 3 rings (SSSR count). The third-order valence-corrected chi connectivity index (χ3v) is 4.54. The molecule has 1 aromatic rings. The third kappa shape index (κ3) is 1.53. The molecule has 1 aliphatic heterocycles. The largest absolute Gasteiger partial charge is 0.322 e. The maximum absolute atomic E-state index is 12.2. The summed E-state index contributed by atoms with van der Waals surface area (Å²) in [6.07, 6.45) is 2.32. The molecule has 18 heavy (non-hydrogen) atoms. The average molecular weight is 244 g/mol. The van der Waals surface area contributed by atoms with Crippen molar-refractivity contribution in [1.29, 1.82) is 0 Å². The Kier molecular flexibility index (Phi) is 2.77. The zero-order chi connectivity index (χ0) is 12.7. The van der Waals surface area contributed by atoms with Gasteiger partial charge in [0, 0.05) is 19.5 Å². The highest BCUT2D eigenvalue weighted by Crippen LogP contribution is 2.43. The Morgan fingerprint density at radius 2 is 1.94 bits per heavy atom. The lowest BCUT2D eigenvalue weighted by Crippen LogP contribution is -2.34. The summed E-state index contributed by atoms with van der Waals surface area (Å²) in [6.45, 7) is 2.90. The molecule has 1 aliphatic carbocycles. The highest BCUT2D eigenvalue weighted by atomic mass is 16.2. The fraction of sp³-hybridized carbons (Fsp3) is 0.533. The summed E-state index contributed by atoms with van der Waals surface area (Å²) < 4.78 is 0. The van der Waals surface area contributed by atoms with E-state index >= 15 is 0 Å². The predicted molar refractivity (Wildman–Crippen MR) is 71.5 cm³/mol. The van der Waals surface area contributed by atoms with Crippen LogP contribution in [0.1, 0.15) is 31.2 Å². The van der Waals surface area contributed by atoms with E-state index in [4.69, 9.17) is 0 Å². The number of nitrogens with zero attached hydrogens (tertiary/aromatic N) is 2. The van der Waals surface area contributed by atoms with Gasteiger partial charge in [0.1, 0.15) is 0 Å². The minimum atomic E-state index is 0.202. The van der Waals surface area contributed by atoms with E-state index < -0.39 is 0 Å². The summed E-state index contributed by atoms with van der Waals surface area (Å²) in [5.41, 5.74) is 1.38. The van der Waals surface area contributed by atoms with Gasteiger partial charge in [0.05, 0.1) is 12.1 Å². The topological polar surface area (TPSA) is 23.6 Å². The van der Waals surface area contributed by atoms with Gasteiger partial charge in [-0.15, -0.1) is 0 Å². The van der Waals surface area contributed by atoms with Crippen LogP contribution >= 0.6 is 0 Å². The van der Waals surface area contributed by atoms with Crippen molar-refractivity contribution in [2.24, 2.45) is 0 Å². The van der Waals surface area contributed by atoms with Crippen molar-refractivity contribution < 1.29 is 4.79 Å². The van der Waals surface area contributed by atoms with Gasteiger partial charge in [-0.05, 0) is 25.3 Å². The number of carbonyl (C=O) groups excluding carboxylic acids is 1. The molecule has 0 spiro atoms. The van der Waals surface area contributed by atoms with Gasteiger partial charge in [0.15, 0.2) is 0 Å². The number of rotatable bonds is 2. The maximum atomic E-state index is 12.2. The van der Waals surface area contributed by atoms with Crippen molar-refractivity contribution in [2.75, 3.05) is 13.6 Å². The Labute approximate surface area is 108 Å². The first-order valence-electron chi connectivity index (χ1n) is 6.82. The maximum Gasteiger partial charge on any atom is 0.320 e. The first-order chi connectivity index (χ1) is 8.74. The molecule has 0 N–H and O–H groups in total. The van der Waals surface area contributed by atoms with Crippen molar-refractivity contribution in [3.05, 3.63) is 35.9 Å². The van der Waals surface area contributed by atoms with Gasteiger partial charge >= 0.3 is 6.03 Å². The molecule has 1 heterocycles. The molecule has 2 amide bonds. The van der Waals surface area contributed by atoms with Gasteiger partial charge < -0.3 is 9.80 Å². The Morgan fingerprint density at radius 1 is 1.22 bits per heavy atom. The van der Waals surface area contributed by atoms with Crippen LogP contribution in [-0.4, -0.2) is 41.5 Å². The molecule has 1 aromatic carbocycles. The van der Waals surface area contributed by atoms with Crippen LogP contribution in [0.15, 0.2) is 30.3 Å². The number of carbonyl (C=O) groups is 1. The monoisotopic (exact) mass is 244 g/mol. The normalized spacial score (nSPS) is 31.0. The van der Waals surface area contributed by atoms with E-state index in [1.54, 1.807) is 0 Å². The summed E-state index contributed by atoms with van der Waals surface area (Å²) in [5, 5.41) is 0. The van der Waals surface area contributed by atoms with Crippen LogP contribution in [0.2, 0.25) is 0 Å². The molecule has 3 heteroatoms. The molecule has 2 aliphatic rings. The van der Waals surface area contributed by atoms with E-state index in [1.165, 1.54) is 12.0 Å². The van der Waals surface area contributed by atoms with E-state index in [0.29, 0.717) is 18.0 Å². The highest BCUT2D eigenvalue weighted by molar-refractivity contribution is 5.78. The first-order valence-corrected chi connectivity index (χ1v) is 6.82. The number of likely N-dealkylation sites (N-methyl/N-ethyl adjacent to an activating group) is 2. The molecule has 3 atom stereocenters. The molecule has 1 saturated carbocycles. The second-order valence-corrected chi connectivity index (χ2v) is 5.33.